The van der Waals surface area contributed by atoms with E-state index in [1.807, 2.05) is 16.4 Å². The normalized spacial score (nSPS) is 21.5. The lowest BCUT2D eigenvalue weighted by Crippen LogP contribution is -2.52. The third-order valence-electron chi connectivity index (χ3n) is 11.6. The summed E-state index contributed by atoms with van der Waals surface area (Å²) < 4.78 is 55.5. The van der Waals surface area contributed by atoms with Crippen LogP contribution in [0.25, 0.3) is 22.3 Å². The van der Waals surface area contributed by atoms with E-state index in [0.29, 0.717) is 89.2 Å². The van der Waals surface area contributed by atoms with Crippen LogP contribution in [0.4, 0.5) is 19.1 Å². The maximum atomic E-state index is 15.6. The number of imidazole rings is 1. The van der Waals surface area contributed by atoms with E-state index in [0.717, 1.165) is 12.8 Å². The van der Waals surface area contributed by atoms with Crippen LogP contribution >= 0.6 is 0 Å². The van der Waals surface area contributed by atoms with Crippen LogP contribution in [-0.4, -0.2) is 91.3 Å². The summed E-state index contributed by atoms with van der Waals surface area (Å²) in [6, 6.07) is 10.1. The summed E-state index contributed by atoms with van der Waals surface area (Å²) in [5, 5.41) is 12.3. The molecule has 0 saturated carbocycles. The number of ether oxygens (including phenoxy) is 1. The number of nitrogens with one attached hydrogen (secondary N) is 3. The third-order valence-corrected chi connectivity index (χ3v) is 11.6. The predicted octanol–water partition coefficient (Wildman–Crippen LogP) is 5.38. The predicted molar refractivity (Wildman–Crippen MR) is 215 cm³/mol. The number of hydrogen-bond acceptors (Lipinski definition) is 9. The molecule has 60 heavy (non-hydrogen) atoms. The number of amides is 4. The Balaban J connectivity index is 0.939. The molecule has 0 spiro atoms. The molecule has 4 amide bonds. The van der Waals surface area contributed by atoms with Crippen molar-refractivity contribution in [1.82, 2.24) is 39.8 Å². The lowest BCUT2D eigenvalue weighted by Gasteiger charge is -2.35. The molecule has 5 aromatic rings. The van der Waals surface area contributed by atoms with E-state index < -0.39 is 47.5 Å². The number of aromatic nitrogens is 5. The molecule has 0 unspecified atom stereocenters. The van der Waals surface area contributed by atoms with E-state index in [4.69, 9.17) is 9.72 Å². The van der Waals surface area contributed by atoms with Gasteiger partial charge in [0.25, 0.3) is 11.8 Å². The van der Waals surface area contributed by atoms with Crippen molar-refractivity contribution in [3.63, 3.8) is 0 Å². The number of anilines is 1. The number of nitrogens with zero attached hydrogens (tertiary/aromatic N) is 6. The molecule has 3 aliphatic rings. The highest BCUT2D eigenvalue weighted by molar-refractivity contribution is 6.05. The molecule has 6 heterocycles. The zero-order valence-corrected chi connectivity index (χ0v) is 33.6. The first-order valence-electron chi connectivity index (χ1n) is 20.3. The van der Waals surface area contributed by atoms with Gasteiger partial charge in [0.15, 0.2) is 0 Å². The van der Waals surface area contributed by atoms with Crippen LogP contribution in [0, 0.1) is 24.5 Å². The molecule has 3 N–H and O–H groups in total. The fraction of sp³-hybridized carbons (Fsp3) is 0.419. The number of halogens is 3. The highest BCUT2D eigenvalue weighted by Crippen LogP contribution is 2.32. The summed E-state index contributed by atoms with van der Waals surface area (Å²) in [6.07, 6.45) is 2.41. The van der Waals surface area contributed by atoms with Gasteiger partial charge in [-0.1, -0.05) is 6.92 Å². The Bertz CT molecular complexity index is 2480. The number of fused-ring (bicyclic) bond motifs is 7. The Kier molecular flexibility index (Phi) is 11.4. The summed E-state index contributed by atoms with van der Waals surface area (Å²) >= 11 is 0. The molecule has 2 bridgehead atoms. The van der Waals surface area contributed by atoms with E-state index in [9.17, 15) is 19.2 Å². The molecule has 2 fully saturated rings. The fourth-order valence-corrected chi connectivity index (χ4v) is 8.39. The SMILES string of the molecule is Cc1cc2cc(n1)-c1cnn(C)c1OCCC[C@@H](C)Cn1c(nc3ccc(C(=O)N[C@H]4CCN(CCc5cc(F)c([C@H]6CCC(=O)NC6=O)c(F)c5)C[C@@H]4F)cc31)NC2=O. The molecule has 17 heteroatoms. The molecule has 3 aliphatic heterocycles. The van der Waals surface area contributed by atoms with Crippen LogP contribution in [0.3, 0.4) is 0 Å². The standard InChI is InChI=1S/C43H46F3N9O5/c1-23-5-4-14-60-42-29(20-47-53(42)3)35-18-27(15-24(2)48-35)40(58)52-43-50-34-8-6-26(19-36(34)55(43)21-23)39(57)49-33-11-13-54(22-32(33)46)12-10-25-16-30(44)38(31(45)17-25)28-7-9-37(56)51-41(28)59/h6,8,15-20,23,28,32-33H,4-5,7,9-14,21-22H2,1-3H3,(H,49,57)(H,50,52,58)(H,51,56,59)/t23-,28-,32+,33+/m1/s1. The first-order valence-corrected chi connectivity index (χ1v) is 20.3. The smallest absolute Gasteiger partial charge is 0.258 e. The van der Waals surface area contributed by atoms with E-state index in [2.05, 4.69) is 33.0 Å². The molecule has 4 atom stereocenters. The molecule has 2 saturated heterocycles. The Morgan fingerprint density at radius 3 is 2.57 bits per heavy atom. The summed E-state index contributed by atoms with van der Waals surface area (Å²) in [6.45, 7) is 5.64. The maximum absolute atomic E-state index is 15.6. The molecule has 314 valence electrons. The van der Waals surface area contributed by atoms with Crippen LogP contribution in [0.5, 0.6) is 5.88 Å². The number of aryl methyl sites for hydroxylation is 2. The van der Waals surface area contributed by atoms with Gasteiger partial charge in [0, 0.05) is 62.0 Å². The van der Waals surface area contributed by atoms with Crippen LogP contribution in [-0.2, 0) is 29.6 Å². The number of pyridine rings is 1. The second kappa shape index (κ2) is 16.9. The molecular weight excluding hydrogens is 780 g/mol. The van der Waals surface area contributed by atoms with E-state index >= 15 is 13.2 Å². The largest absolute Gasteiger partial charge is 0.477 e. The topological polar surface area (TPSA) is 165 Å². The Hall–Kier alpha value is -6.10. The highest BCUT2D eigenvalue weighted by atomic mass is 19.1. The molecule has 0 radical (unpaired) electrons. The van der Waals surface area contributed by atoms with Crippen molar-refractivity contribution in [2.75, 3.05) is 31.6 Å². The van der Waals surface area contributed by atoms with Gasteiger partial charge >= 0.3 is 0 Å². The number of hydrogen-bond donors (Lipinski definition) is 3. The van der Waals surface area contributed by atoms with Gasteiger partial charge < -0.3 is 14.6 Å². The van der Waals surface area contributed by atoms with Crippen molar-refractivity contribution in [2.24, 2.45) is 13.0 Å². The van der Waals surface area contributed by atoms with Crippen molar-refractivity contribution >= 4 is 40.6 Å². The first kappa shape index (κ1) is 40.7. The maximum Gasteiger partial charge on any atom is 0.258 e. The van der Waals surface area contributed by atoms with Gasteiger partial charge in [-0.3, -0.25) is 39.7 Å². The van der Waals surface area contributed by atoms with E-state index in [1.165, 1.54) is 12.1 Å². The van der Waals surface area contributed by atoms with Crippen LogP contribution in [0.15, 0.2) is 48.7 Å². The number of rotatable bonds is 6. The minimum Gasteiger partial charge on any atom is -0.477 e. The first-order chi connectivity index (χ1) is 28.8. The van der Waals surface area contributed by atoms with E-state index in [1.54, 1.807) is 48.3 Å². The highest BCUT2D eigenvalue weighted by Gasteiger charge is 2.34. The van der Waals surface area contributed by atoms with Gasteiger partial charge in [-0.25, -0.2) is 22.8 Å². The van der Waals surface area contributed by atoms with Crippen LogP contribution < -0.4 is 20.7 Å². The van der Waals surface area contributed by atoms with Crippen molar-refractivity contribution in [1.29, 1.82) is 0 Å². The van der Waals surface area contributed by atoms with Gasteiger partial charge in [-0.05, 0) is 93.0 Å². The molecule has 8 rings (SSSR count). The average molecular weight is 826 g/mol. The van der Waals surface area contributed by atoms with Crippen molar-refractivity contribution in [3.8, 4) is 17.1 Å². The quantitative estimate of drug-likeness (QED) is 0.191. The van der Waals surface area contributed by atoms with Gasteiger partial charge in [0.1, 0.15) is 17.8 Å². The number of benzene rings is 2. The molecule has 0 aliphatic carbocycles. The van der Waals surface area contributed by atoms with Crippen molar-refractivity contribution < 1.29 is 37.1 Å². The Labute approximate surface area is 343 Å². The molecule has 2 aromatic carbocycles. The van der Waals surface area contributed by atoms with Gasteiger partial charge in [-0.15, -0.1) is 0 Å². The number of carbonyl (C=O) groups excluding carboxylic acids is 4. The summed E-state index contributed by atoms with van der Waals surface area (Å²) in [4.78, 5) is 62.4. The fourth-order valence-electron chi connectivity index (χ4n) is 8.39. The van der Waals surface area contributed by atoms with Gasteiger partial charge in [-0.2, -0.15) is 5.10 Å². The zero-order valence-electron chi connectivity index (χ0n) is 33.6. The van der Waals surface area contributed by atoms with Crippen molar-refractivity contribution in [3.05, 3.63) is 88.2 Å². The number of alkyl halides is 1. The summed E-state index contributed by atoms with van der Waals surface area (Å²) in [7, 11) is 1.80. The second-order valence-electron chi connectivity index (χ2n) is 16.1. The Morgan fingerprint density at radius 1 is 1.00 bits per heavy atom. The number of carbonyl (C=O) groups is 4. The van der Waals surface area contributed by atoms with Crippen molar-refractivity contribution in [2.45, 2.75) is 77.0 Å². The Morgan fingerprint density at radius 2 is 1.80 bits per heavy atom. The number of piperidine rings is 2. The third kappa shape index (κ3) is 8.48. The monoisotopic (exact) mass is 825 g/mol. The second-order valence-corrected chi connectivity index (χ2v) is 16.1. The van der Waals surface area contributed by atoms with Gasteiger partial charge in [0.2, 0.25) is 23.6 Å². The number of imide groups is 1. The molecule has 3 aromatic heterocycles. The lowest BCUT2D eigenvalue weighted by molar-refractivity contribution is -0.134. The minimum absolute atomic E-state index is 0.000522. The molecule has 14 nitrogen and oxygen atoms in total. The summed E-state index contributed by atoms with van der Waals surface area (Å²) in [5.74, 6) is -3.79. The van der Waals surface area contributed by atoms with Gasteiger partial charge in [0.05, 0.1) is 47.1 Å². The summed E-state index contributed by atoms with van der Waals surface area (Å²) in [5.41, 5.74) is 3.79. The van der Waals surface area contributed by atoms with Crippen LogP contribution in [0.2, 0.25) is 0 Å². The van der Waals surface area contributed by atoms with E-state index in [-0.39, 0.29) is 43.2 Å². The number of likely N-dealkylation sites (tertiary alicyclic amines) is 1. The average Bonchev–Trinajstić information content (AvgIpc) is 3.74. The van der Waals surface area contributed by atoms with Crippen LogP contribution in [0.1, 0.15) is 82.5 Å². The molecular formula is C43H46F3N9O5. The minimum atomic E-state index is -1.40. The lowest BCUT2D eigenvalue weighted by atomic mass is 9.89. The zero-order chi connectivity index (χ0) is 42.2.